The second kappa shape index (κ2) is 9.12. The predicted molar refractivity (Wildman–Crippen MR) is 75.2 cm³/mol. The molecule has 0 radical (unpaired) electrons. The van der Waals surface area contributed by atoms with Gasteiger partial charge in [-0.1, -0.05) is 0 Å². The Labute approximate surface area is 119 Å². The van der Waals surface area contributed by atoms with Crippen LogP contribution in [0.3, 0.4) is 0 Å². The molecule has 0 aromatic rings. The smallest absolute Gasteiger partial charge is 0.266 e. The average molecular weight is 301 g/mol. The molecule has 0 fully saturated rings. The maximum absolute atomic E-state index is 11.5. The molecule has 112 valence electrons. The van der Waals surface area contributed by atoms with Crippen LogP contribution < -0.4 is 5.32 Å². The number of hydrogen-bond donors (Lipinski definition) is 2. The Morgan fingerprint density at radius 2 is 2.00 bits per heavy atom. The van der Waals surface area contributed by atoms with Gasteiger partial charge in [-0.3, -0.25) is 9.35 Å². The van der Waals surface area contributed by atoms with Gasteiger partial charge in [-0.05, 0) is 32.2 Å². The molecule has 0 spiro atoms. The van der Waals surface area contributed by atoms with Gasteiger partial charge in [0.15, 0.2) is 0 Å². The molecule has 7 nitrogen and oxygen atoms in total. The van der Waals surface area contributed by atoms with Crippen LogP contribution in [0.5, 0.6) is 0 Å². The molecule has 0 atom stereocenters. The molecule has 2 N–H and O–H groups in total. The van der Waals surface area contributed by atoms with E-state index in [9.17, 15) is 13.2 Å². The molecule has 1 amide bonds. The van der Waals surface area contributed by atoms with Crippen LogP contribution in [0.15, 0.2) is 23.9 Å². The van der Waals surface area contributed by atoms with E-state index in [1.807, 2.05) is 18.7 Å². The van der Waals surface area contributed by atoms with E-state index in [4.69, 9.17) is 9.81 Å². The molecular formula is C12H19N3O4S. The minimum Gasteiger partial charge on any atom is -0.378 e. The minimum atomic E-state index is -4.12. The number of amides is 1. The number of nitriles is 1. The fourth-order valence-electron chi connectivity index (χ4n) is 1.25. The highest BCUT2D eigenvalue weighted by atomic mass is 32.2. The number of allylic oxidation sites excluding steroid dienone is 2. The summed E-state index contributed by atoms with van der Waals surface area (Å²) in [5.41, 5.74) is -0.135. The van der Waals surface area contributed by atoms with E-state index < -0.39 is 21.8 Å². The second-order valence-electron chi connectivity index (χ2n) is 3.80. The lowest BCUT2D eigenvalue weighted by Crippen LogP contribution is -2.29. The first-order chi connectivity index (χ1) is 9.34. The van der Waals surface area contributed by atoms with Gasteiger partial charge in [0.2, 0.25) is 0 Å². The van der Waals surface area contributed by atoms with Gasteiger partial charge in [-0.2, -0.15) is 13.7 Å². The predicted octanol–water partition coefficient (Wildman–Crippen LogP) is 0.296. The van der Waals surface area contributed by atoms with Crippen LogP contribution in [0.25, 0.3) is 0 Å². The number of carbonyl (C=O) groups excluding carboxylic acids is 1. The third-order valence-electron chi connectivity index (χ3n) is 2.38. The number of hydrogen-bond acceptors (Lipinski definition) is 5. The normalized spacial score (nSPS) is 12.2. The third kappa shape index (κ3) is 8.29. The Morgan fingerprint density at radius 3 is 2.45 bits per heavy atom. The van der Waals surface area contributed by atoms with E-state index in [1.165, 1.54) is 6.08 Å². The first-order valence-electron chi connectivity index (χ1n) is 6.10. The van der Waals surface area contributed by atoms with Crippen LogP contribution in [0.4, 0.5) is 0 Å². The average Bonchev–Trinajstić information content (AvgIpc) is 2.37. The summed E-state index contributed by atoms with van der Waals surface area (Å²) >= 11 is 0. The van der Waals surface area contributed by atoms with Gasteiger partial charge >= 0.3 is 0 Å². The first-order valence-corrected chi connectivity index (χ1v) is 7.71. The summed E-state index contributed by atoms with van der Waals surface area (Å²) < 4.78 is 29.5. The van der Waals surface area contributed by atoms with E-state index in [1.54, 1.807) is 18.3 Å². The molecule has 0 rings (SSSR count). The van der Waals surface area contributed by atoms with Crippen molar-refractivity contribution in [3.8, 4) is 6.07 Å². The zero-order chi connectivity index (χ0) is 15.6. The first kappa shape index (κ1) is 18.1. The second-order valence-corrected chi connectivity index (χ2v) is 5.37. The Hall–Kier alpha value is -1.85. The minimum absolute atomic E-state index is 0.135. The lowest BCUT2D eigenvalue weighted by atomic mass is 10.2. The van der Waals surface area contributed by atoms with Gasteiger partial charge in [-0.25, -0.2) is 0 Å². The lowest BCUT2D eigenvalue weighted by Gasteiger charge is -2.13. The van der Waals surface area contributed by atoms with Crippen molar-refractivity contribution in [1.29, 1.82) is 5.26 Å². The molecule has 0 bridgehead atoms. The van der Waals surface area contributed by atoms with Crippen LogP contribution in [0, 0.1) is 11.3 Å². The fourth-order valence-corrected chi connectivity index (χ4v) is 1.61. The van der Waals surface area contributed by atoms with Gasteiger partial charge in [0, 0.05) is 19.6 Å². The molecule has 0 saturated carbocycles. The highest BCUT2D eigenvalue weighted by Gasteiger charge is 2.09. The summed E-state index contributed by atoms with van der Waals surface area (Å²) in [4.78, 5) is 13.5. The molecule has 0 unspecified atom stereocenters. The van der Waals surface area contributed by atoms with Crippen LogP contribution in [-0.2, 0) is 14.9 Å². The summed E-state index contributed by atoms with van der Waals surface area (Å²) in [6.07, 6.45) is 4.68. The standard InChI is InChI=1S/C12H19N3O4S/c1-3-15(4-2)8-5-6-11(10-13)12(16)14-7-9-20(17,18)19/h5-6,8H,3-4,7,9H2,1-2H3,(H,14,16)(H,17,18,19)/b8-5+,11-6+. The summed E-state index contributed by atoms with van der Waals surface area (Å²) in [6.45, 7) is 5.32. The Kier molecular flexibility index (Phi) is 8.27. The van der Waals surface area contributed by atoms with Gasteiger partial charge in [0.1, 0.15) is 11.6 Å². The van der Waals surface area contributed by atoms with E-state index in [-0.39, 0.29) is 12.1 Å². The monoisotopic (exact) mass is 301 g/mol. The van der Waals surface area contributed by atoms with Crippen molar-refractivity contribution in [1.82, 2.24) is 10.2 Å². The van der Waals surface area contributed by atoms with Crippen LogP contribution >= 0.6 is 0 Å². The molecule has 0 aliphatic heterocycles. The zero-order valence-electron chi connectivity index (χ0n) is 11.5. The number of rotatable bonds is 8. The van der Waals surface area contributed by atoms with Crippen molar-refractivity contribution in [2.75, 3.05) is 25.4 Å². The van der Waals surface area contributed by atoms with E-state index >= 15 is 0 Å². The third-order valence-corrected chi connectivity index (χ3v) is 3.10. The van der Waals surface area contributed by atoms with Crippen molar-refractivity contribution < 1.29 is 17.8 Å². The number of nitrogens with zero attached hydrogens (tertiary/aromatic N) is 2. The quantitative estimate of drug-likeness (QED) is 0.289. The van der Waals surface area contributed by atoms with Crippen molar-refractivity contribution in [2.45, 2.75) is 13.8 Å². The molecule has 0 aromatic carbocycles. The SMILES string of the molecule is CCN(/C=C/C=C(\C#N)C(=O)NCCS(=O)(=O)O)CC. The van der Waals surface area contributed by atoms with Crippen molar-refractivity contribution in [2.24, 2.45) is 0 Å². The highest BCUT2D eigenvalue weighted by Crippen LogP contribution is 1.96. The van der Waals surface area contributed by atoms with Crippen LogP contribution in [0.2, 0.25) is 0 Å². The largest absolute Gasteiger partial charge is 0.378 e. The molecule has 0 aliphatic rings. The zero-order valence-corrected chi connectivity index (χ0v) is 12.4. The van der Waals surface area contributed by atoms with Gasteiger partial charge < -0.3 is 10.2 Å². The molecule has 0 aliphatic carbocycles. The fraction of sp³-hybridized carbons (Fsp3) is 0.500. The topological polar surface area (TPSA) is 111 Å². The highest BCUT2D eigenvalue weighted by molar-refractivity contribution is 7.85. The Balaban J connectivity index is 4.52. The van der Waals surface area contributed by atoms with Crippen molar-refractivity contribution in [3.05, 3.63) is 23.9 Å². The molecule has 20 heavy (non-hydrogen) atoms. The van der Waals surface area contributed by atoms with Gasteiger partial charge in [0.25, 0.3) is 16.0 Å². The van der Waals surface area contributed by atoms with Crippen LogP contribution in [0.1, 0.15) is 13.8 Å². The van der Waals surface area contributed by atoms with Crippen molar-refractivity contribution >= 4 is 16.0 Å². The van der Waals surface area contributed by atoms with Crippen LogP contribution in [-0.4, -0.2) is 49.2 Å². The number of nitrogens with one attached hydrogen (secondary N) is 1. The van der Waals surface area contributed by atoms with E-state index in [0.717, 1.165) is 13.1 Å². The van der Waals surface area contributed by atoms with E-state index in [0.29, 0.717) is 0 Å². The van der Waals surface area contributed by atoms with Gasteiger partial charge in [0.05, 0.1) is 5.75 Å². The molecule has 0 heterocycles. The maximum atomic E-state index is 11.5. The summed E-state index contributed by atoms with van der Waals surface area (Å²) in [5.74, 6) is -1.27. The molecule has 0 aromatic heterocycles. The molecular weight excluding hydrogens is 282 g/mol. The Morgan fingerprint density at radius 1 is 1.40 bits per heavy atom. The maximum Gasteiger partial charge on any atom is 0.266 e. The van der Waals surface area contributed by atoms with Gasteiger partial charge in [-0.15, -0.1) is 0 Å². The number of carbonyl (C=O) groups is 1. The summed E-state index contributed by atoms with van der Waals surface area (Å²) in [7, 11) is -4.12. The Bertz CT molecular complexity index is 513. The van der Waals surface area contributed by atoms with E-state index in [2.05, 4.69) is 5.32 Å². The summed E-state index contributed by atoms with van der Waals surface area (Å²) in [5, 5.41) is 11.1. The molecule has 8 heteroatoms. The van der Waals surface area contributed by atoms with Crippen molar-refractivity contribution in [3.63, 3.8) is 0 Å². The molecule has 0 saturated heterocycles. The summed E-state index contributed by atoms with van der Waals surface area (Å²) in [6, 6.07) is 1.73. The lowest BCUT2D eigenvalue weighted by molar-refractivity contribution is -0.117.